The van der Waals surface area contributed by atoms with Crippen LogP contribution in [-0.2, 0) is 6.61 Å². The molecule has 0 fully saturated rings. The summed E-state index contributed by atoms with van der Waals surface area (Å²) in [4.78, 5) is 28.5. The molecule has 1 aromatic heterocycles. The fourth-order valence-corrected chi connectivity index (χ4v) is 3.35. The number of allylic oxidation sites excluding steroid dienone is 1. The fourth-order valence-electron chi connectivity index (χ4n) is 3.35. The van der Waals surface area contributed by atoms with Crippen LogP contribution in [0.25, 0.3) is 17.0 Å². The van der Waals surface area contributed by atoms with Gasteiger partial charge in [-0.05, 0) is 54.1 Å². The Morgan fingerprint density at radius 3 is 2.59 bits per heavy atom. The third-order valence-electron chi connectivity index (χ3n) is 5.04. The number of halogens is 1. The molecule has 6 nitrogen and oxygen atoms in total. The van der Waals surface area contributed by atoms with Crippen LogP contribution in [0.15, 0.2) is 84.9 Å². The maximum atomic E-state index is 12.7. The fraction of sp³-hybridized carbons (Fsp3) is 0.0741. The number of ketones is 1. The molecule has 0 saturated carbocycles. The number of carboxylic acid groups (broad SMARTS) is 1. The van der Waals surface area contributed by atoms with E-state index in [1.165, 1.54) is 31.4 Å². The van der Waals surface area contributed by atoms with E-state index in [2.05, 4.69) is 4.98 Å². The lowest BCUT2D eigenvalue weighted by molar-refractivity contribution is 0.0697. The average molecular weight is 476 g/mol. The molecule has 0 aliphatic heterocycles. The third kappa shape index (κ3) is 5.79. The summed E-state index contributed by atoms with van der Waals surface area (Å²) in [6.45, 7) is 0.316. The molecule has 4 rings (SSSR count). The number of fused-ring (bicyclic) bond motifs is 1. The number of pyridine rings is 1. The van der Waals surface area contributed by atoms with Crippen molar-refractivity contribution >= 4 is 41.1 Å². The number of hydrogen-bond acceptors (Lipinski definition) is 5. The van der Waals surface area contributed by atoms with Crippen LogP contribution in [0.2, 0.25) is 0 Å². The van der Waals surface area contributed by atoms with Gasteiger partial charge in [-0.1, -0.05) is 42.5 Å². The van der Waals surface area contributed by atoms with Crippen molar-refractivity contribution < 1.29 is 24.2 Å². The first-order valence-corrected chi connectivity index (χ1v) is 10.2. The molecule has 0 saturated heterocycles. The molecule has 3 aromatic carbocycles. The van der Waals surface area contributed by atoms with E-state index in [0.29, 0.717) is 18.1 Å². The minimum Gasteiger partial charge on any atom is -0.496 e. The van der Waals surface area contributed by atoms with Crippen molar-refractivity contribution in [3.63, 3.8) is 0 Å². The molecule has 172 valence electrons. The number of nitrogens with zero attached hydrogens (tertiary/aromatic N) is 1. The van der Waals surface area contributed by atoms with Gasteiger partial charge < -0.3 is 14.6 Å². The van der Waals surface area contributed by atoms with Crippen molar-refractivity contribution in [2.45, 2.75) is 6.61 Å². The molecule has 0 aliphatic carbocycles. The zero-order chi connectivity index (χ0) is 23.2. The van der Waals surface area contributed by atoms with Gasteiger partial charge in [0.2, 0.25) is 0 Å². The molecule has 0 spiro atoms. The Hall–Kier alpha value is -4.16. The number of methoxy groups -OCH3 is 1. The van der Waals surface area contributed by atoms with E-state index in [1.807, 2.05) is 60.7 Å². The second kappa shape index (κ2) is 11.1. The number of carbonyl (C=O) groups excluding carboxylic acids is 1. The smallest absolute Gasteiger partial charge is 0.335 e. The maximum absolute atomic E-state index is 12.7. The van der Waals surface area contributed by atoms with Gasteiger partial charge in [0.1, 0.15) is 18.1 Å². The Morgan fingerprint density at radius 1 is 0.971 bits per heavy atom. The predicted octanol–water partition coefficient (Wildman–Crippen LogP) is 5.84. The highest BCUT2D eigenvalue weighted by molar-refractivity contribution is 6.09. The topological polar surface area (TPSA) is 85.7 Å². The van der Waals surface area contributed by atoms with Crippen LogP contribution < -0.4 is 9.47 Å². The summed E-state index contributed by atoms with van der Waals surface area (Å²) in [7, 11) is 1.43. The molecule has 1 N–H and O–H groups in total. The molecular formula is C27H22ClNO5. The van der Waals surface area contributed by atoms with Gasteiger partial charge in [0, 0.05) is 5.39 Å². The second-order valence-electron chi connectivity index (χ2n) is 7.27. The van der Waals surface area contributed by atoms with E-state index >= 15 is 0 Å². The largest absolute Gasteiger partial charge is 0.496 e. The van der Waals surface area contributed by atoms with Gasteiger partial charge >= 0.3 is 5.97 Å². The molecule has 0 radical (unpaired) electrons. The van der Waals surface area contributed by atoms with Gasteiger partial charge in [0.15, 0.2) is 5.78 Å². The minimum atomic E-state index is -1.11. The van der Waals surface area contributed by atoms with Gasteiger partial charge in [0.25, 0.3) is 0 Å². The second-order valence-corrected chi connectivity index (χ2v) is 7.27. The highest BCUT2D eigenvalue weighted by atomic mass is 35.5. The van der Waals surface area contributed by atoms with Crippen molar-refractivity contribution in [1.82, 2.24) is 4.98 Å². The van der Waals surface area contributed by atoms with E-state index in [9.17, 15) is 14.7 Å². The highest BCUT2D eigenvalue weighted by Crippen LogP contribution is 2.22. The lowest BCUT2D eigenvalue weighted by Gasteiger charge is -2.08. The summed E-state index contributed by atoms with van der Waals surface area (Å²) in [5.41, 5.74) is 2.70. The number of hydrogen-bond donors (Lipinski definition) is 1. The van der Waals surface area contributed by atoms with Gasteiger partial charge in [-0.2, -0.15) is 0 Å². The summed E-state index contributed by atoms with van der Waals surface area (Å²) < 4.78 is 11.1. The highest BCUT2D eigenvalue weighted by Gasteiger charge is 2.13. The van der Waals surface area contributed by atoms with Gasteiger partial charge in [-0.25, -0.2) is 9.78 Å². The molecule has 0 bridgehead atoms. The molecule has 7 heteroatoms. The minimum absolute atomic E-state index is 0. The lowest BCUT2D eigenvalue weighted by atomic mass is 10.0. The molecule has 1 heterocycles. The first-order chi connectivity index (χ1) is 16.0. The van der Waals surface area contributed by atoms with E-state index in [-0.39, 0.29) is 29.3 Å². The number of benzene rings is 3. The first kappa shape index (κ1) is 24.5. The van der Waals surface area contributed by atoms with E-state index in [1.54, 1.807) is 6.08 Å². The lowest BCUT2D eigenvalue weighted by Crippen LogP contribution is -2.03. The van der Waals surface area contributed by atoms with Gasteiger partial charge in [0.05, 0.1) is 29.4 Å². The van der Waals surface area contributed by atoms with E-state index in [4.69, 9.17) is 9.47 Å². The summed E-state index contributed by atoms with van der Waals surface area (Å²) >= 11 is 0. The number of carboxylic acids is 1. The van der Waals surface area contributed by atoms with E-state index < -0.39 is 5.97 Å². The third-order valence-corrected chi connectivity index (χ3v) is 5.04. The molecule has 34 heavy (non-hydrogen) atoms. The summed E-state index contributed by atoms with van der Waals surface area (Å²) in [6.07, 6.45) is 3.03. The van der Waals surface area contributed by atoms with Crippen molar-refractivity contribution in [3.8, 4) is 11.5 Å². The Kier molecular flexibility index (Phi) is 8.01. The Bertz CT molecular complexity index is 1370. The van der Waals surface area contributed by atoms with Crippen LogP contribution in [0.4, 0.5) is 0 Å². The van der Waals surface area contributed by atoms with Crippen LogP contribution in [0, 0.1) is 0 Å². The molecule has 0 amide bonds. The van der Waals surface area contributed by atoms with Crippen molar-refractivity contribution in [3.05, 3.63) is 107 Å². The Labute approximate surface area is 202 Å². The average Bonchev–Trinajstić information content (AvgIpc) is 2.85. The molecule has 0 aliphatic rings. The number of aromatic nitrogens is 1. The number of rotatable bonds is 8. The molecular weight excluding hydrogens is 454 g/mol. The zero-order valence-electron chi connectivity index (χ0n) is 18.3. The van der Waals surface area contributed by atoms with Crippen LogP contribution >= 0.6 is 12.4 Å². The molecule has 4 aromatic rings. The first-order valence-electron chi connectivity index (χ1n) is 10.2. The SMILES string of the molecule is COc1ccc(C(=O)O)cc1C(=O)C=Cc1cccc(OCc2ccc3ccccc3n2)c1.Cl. The van der Waals surface area contributed by atoms with Crippen LogP contribution in [0.5, 0.6) is 11.5 Å². The molecule has 0 atom stereocenters. The number of para-hydroxylation sites is 1. The number of carbonyl (C=O) groups is 2. The summed E-state index contributed by atoms with van der Waals surface area (Å²) in [5.74, 6) is -0.511. The maximum Gasteiger partial charge on any atom is 0.335 e. The van der Waals surface area contributed by atoms with Crippen LogP contribution in [0.1, 0.15) is 32.0 Å². The standard InChI is InChI=1S/C27H21NO5.ClH/c1-32-26-14-11-20(27(30)31)16-23(26)25(29)13-9-18-5-4-7-22(15-18)33-17-21-12-10-19-6-2-3-8-24(19)28-21;/h2-16H,17H2,1H3,(H,30,31);1H. The molecule has 0 unspecified atom stereocenters. The van der Waals surface area contributed by atoms with Gasteiger partial charge in [-0.15, -0.1) is 12.4 Å². The normalized spacial score (nSPS) is 10.6. The Morgan fingerprint density at radius 2 is 1.79 bits per heavy atom. The Balaban J connectivity index is 0.00000324. The summed E-state index contributed by atoms with van der Waals surface area (Å²) in [5, 5.41) is 10.3. The van der Waals surface area contributed by atoms with E-state index in [0.717, 1.165) is 22.2 Å². The predicted molar refractivity (Wildman–Crippen MR) is 133 cm³/mol. The van der Waals surface area contributed by atoms with Crippen LogP contribution in [0.3, 0.4) is 0 Å². The van der Waals surface area contributed by atoms with Crippen LogP contribution in [-0.4, -0.2) is 29.0 Å². The van der Waals surface area contributed by atoms with Crippen molar-refractivity contribution in [1.29, 1.82) is 0 Å². The number of ether oxygens (including phenoxy) is 2. The monoisotopic (exact) mass is 475 g/mol. The summed E-state index contributed by atoms with van der Waals surface area (Å²) in [6, 6.07) is 23.3. The quantitative estimate of drug-likeness (QED) is 0.254. The zero-order valence-corrected chi connectivity index (χ0v) is 19.1. The van der Waals surface area contributed by atoms with Crippen molar-refractivity contribution in [2.24, 2.45) is 0 Å². The van der Waals surface area contributed by atoms with Crippen molar-refractivity contribution in [2.75, 3.05) is 7.11 Å². The number of aromatic carboxylic acids is 1. The van der Waals surface area contributed by atoms with Gasteiger partial charge in [-0.3, -0.25) is 4.79 Å².